The van der Waals surface area contributed by atoms with Gasteiger partial charge in [0.15, 0.2) is 0 Å². The second kappa shape index (κ2) is 10.5. The average Bonchev–Trinajstić information content (AvgIpc) is 3.36. The second-order valence-electron chi connectivity index (χ2n) is 8.28. The van der Waals surface area contributed by atoms with Gasteiger partial charge in [-0.1, -0.05) is 24.3 Å². The van der Waals surface area contributed by atoms with Gasteiger partial charge in [0.05, 0.1) is 26.7 Å². The summed E-state index contributed by atoms with van der Waals surface area (Å²) in [5.41, 5.74) is 1.23. The highest BCUT2D eigenvalue weighted by atomic mass is 32.2. The van der Waals surface area contributed by atoms with Gasteiger partial charge >= 0.3 is 0 Å². The molecule has 0 aromatic heterocycles. The van der Waals surface area contributed by atoms with Gasteiger partial charge in [0.1, 0.15) is 16.7 Å². The number of carbonyl (C=O) groups is 2. The van der Waals surface area contributed by atoms with Crippen LogP contribution >= 0.6 is 0 Å². The Bertz CT molecular complexity index is 1130. The summed E-state index contributed by atoms with van der Waals surface area (Å²) in [4.78, 5) is 27.6. The maximum absolute atomic E-state index is 13.2. The summed E-state index contributed by atoms with van der Waals surface area (Å²) in [5.74, 6) is -0.211. The maximum atomic E-state index is 13.2. The molecule has 10 heteroatoms. The molecule has 182 valence electrons. The topological polar surface area (TPSA) is 105 Å². The molecule has 0 saturated carbocycles. The molecule has 34 heavy (non-hydrogen) atoms. The third kappa shape index (κ3) is 5.24. The minimum absolute atomic E-state index is 0.00918. The van der Waals surface area contributed by atoms with Crippen LogP contribution in [0, 0.1) is 0 Å². The summed E-state index contributed by atoms with van der Waals surface area (Å²) in [6, 6.07) is 13.3. The number of nitrogens with zero attached hydrogens (tertiary/aromatic N) is 2. The Hall–Kier alpha value is -2.95. The molecule has 9 nitrogen and oxygen atoms in total. The molecule has 1 N–H and O–H groups in total. The van der Waals surface area contributed by atoms with Crippen molar-refractivity contribution < 1.29 is 27.5 Å². The number of sulfonamides is 1. The van der Waals surface area contributed by atoms with E-state index in [0.717, 1.165) is 6.42 Å². The highest BCUT2D eigenvalue weighted by Crippen LogP contribution is 2.29. The molecule has 0 spiro atoms. The van der Waals surface area contributed by atoms with Gasteiger partial charge in [0.2, 0.25) is 21.8 Å². The number of carbonyl (C=O) groups excluding carboxylic acids is 2. The van der Waals surface area contributed by atoms with E-state index in [4.69, 9.17) is 9.47 Å². The van der Waals surface area contributed by atoms with E-state index < -0.39 is 16.1 Å². The van der Waals surface area contributed by atoms with Crippen LogP contribution in [0.3, 0.4) is 0 Å². The van der Waals surface area contributed by atoms with Crippen molar-refractivity contribution in [2.45, 2.75) is 30.2 Å². The average molecular weight is 488 g/mol. The fraction of sp³-hybridized carbons (Fsp3) is 0.417. The van der Waals surface area contributed by atoms with Gasteiger partial charge in [-0.25, -0.2) is 8.42 Å². The molecule has 2 amide bonds. The van der Waals surface area contributed by atoms with Crippen LogP contribution in [0.5, 0.6) is 5.75 Å². The highest BCUT2D eigenvalue weighted by Gasteiger charge is 2.34. The van der Waals surface area contributed by atoms with E-state index in [1.54, 1.807) is 29.2 Å². The van der Waals surface area contributed by atoms with Crippen molar-refractivity contribution in [1.82, 2.24) is 9.21 Å². The lowest BCUT2D eigenvalue weighted by Gasteiger charge is -2.27. The molecule has 0 bridgehead atoms. The number of benzene rings is 2. The number of methoxy groups -OCH3 is 1. The normalized spacial score (nSPS) is 19.1. The van der Waals surface area contributed by atoms with Crippen molar-refractivity contribution in [2.75, 3.05) is 45.3 Å². The van der Waals surface area contributed by atoms with Gasteiger partial charge in [0, 0.05) is 25.3 Å². The molecule has 2 aromatic rings. The zero-order chi connectivity index (χ0) is 24.1. The fourth-order valence-corrected chi connectivity index (χ4v) is 5.93. The number of hydrogen-bond acceptors (Lipinski definition) is 6. The van der Waals surface area contributed by atoms with Crippen LogP contribution in [0.2, 0.25) is 0 Å². The van der Waals surface area contributed by atoms with Gasteiger partial charge in [-0.15, -0.1) is 0 Å². The molecule has 0 aliphatic carbocycles. The third-order valence-corrected chi connectivity index (χ3v) is 8.01. The molecule has 2 aliphatic rings. The van der Waals surface area contributed by atoms with Crippen molar-refractivity contribution >= 4 is 27.5 Å². The summed E-state index contributed by atoms with van der Waals surface area (Å²) in [6.45, 7) is 1.68. The SMILES string of the molecule is COc1ccc(CC(=O)N2CCC[C@H]2C(=O)Nc2ccccc2)cc1S(=O)(=O)N1CCOCC1. The molecule has 2 saturated heterocycles. The predicted octanol–water partition coefficient (Wildman–Crippen LogP) is 1.89. The Kier molecular flexibility index (Phi) is 7.50. The van der Waals surface area contributed by atoms with Gasteiger partial charge in [0.25, 0.3) is 0 Å². The van der Waals surface area contributed by atoms with Crippen LogP contribution in [-0.4, -0.2) is 75.4 Å². The summed E-state index contributed by atoms with van der Waals surface area (Å²) in [5, 5.41) is 2.87. The second-order valence-corrected chi connectivity index (χ2v) is 10.2. The van der Waals surface area contributed by atoms with Crippen LogP contribution in [0.25, 0.3) is 0 Å². The number of amides is 2. The van der Waals surface area contributed by atoms with Crippen molar-refractivity contribution in [3.8, 4) is 5.75 Å². The first-order valence-corrected chi connectivity index (χ1v) is 12.7. The molecule has 1 atom stereocenters. The molecule has 2 aliphatic heterocycles. The molecule has 0 radical (unpaired) electrons. The lowest BCUT2D eigenvalue weighted by atomic mass is 10.1. The zero-order valence-electron chi connectivity index (χ0n) is 19.1. The lowest BCUT2D eigenvalue weighted by Crippen LogP contribution is -2.43. The largest absolute Gasteiger partial charge is 0.495 e. The van der Waals surface area contributed by atoms with Crippen LogP contribution < -0.4 is 10.1 Å². The smallest absolute Gasteiger partial charge is 0.247 e. The number of hydrogen-bond donors (Lipinski definition) is 1. The van der Waals surface area contributed by atoms with Crippen molar-refractivity contribution in [3.63, 3.8) is 0 Å². The standard InChI is InChI=1S/C24H29N3O6S/c1-32-21-10-9-18(16-22(21)34(30,31)26-12-14-33-15-13-26)17-23(28)27-11-5-8-20(27)24(29)25-19-6-3-2-4-7-19/h2-4,6-7,9-10,16,20H,5,8,11-15,17H2,1H3,(H,25,29)/t20-/m0/s1. The highest BCUT2D eigenvalue weighted by molar-refractivity contribution is 7.89. The summed E-state index contributed by atoms with van der Waals surface area (Å²) < 4.78 is 38.4. The molecular weight excluding hydrogens is 458 g/mol. The van der Waals surface area contributed by atoms with E-state index in [0.29, 0.717) is 37.4 Å². The first-order valence-electron chi connectivity index (χ1n) is 11.3. The number of rotatable bonds is 7. The summed E-state index contributed by atoms with van der Waals surface area (Å²) in [7, 11) is -2.39. The van der Waals surface area contributed by atoms with E-state index in [-0.39, 0.29) is 42.0 Å². The van der Waals surface area contributed by atoms with Crippen molar-refractivity contribution in [2.24, 2.45) is 0 Å². The Labute approximate surface area is 199 Å². The van der Waals surface area contributed by atoms with Crippen molar-refractivity contribution in [1.29, 1.82) is 0 Å². The summed E-state index contributed by atoms with van der Waals surface area (Å²) >= 11 is 0. The number of nitrogens with one attached hydrogen (secondary N) is 1. The zero-order valence-corrected chi connectivity index (χ0v) is 19.9. The molecular formula is C24H29N3O6S. The first kappa shape index (κ1) is 24.2. The number of ether oxygens (including phenoxy) is 2. The van der Waals surface area contributed by atoms with E-state index in [9.17, 15) is 18.0 Å². The molecule has 4 rings (SSSR count). The Morgan fingerprint density at radius 1 is 1.09 bits per heavy atom. The number of anilines is 1. The van der Waals surface area contributed by atoms with Crippen molar-refractivity contribution in [3.05, 3.63) is 54.1 Å². The Morgan fingerprint density at radius 3 is 2.53 bits per heavy atom. The monoisotopic (exact) mass is 487 g/mol. The number of likely N-dealkylation sites (tertiary alicyclic amines) is 1. The number of morpholine rings is 1. The molecule has 0 unspecified atom stereocenters. The lowest BCUT2D eigenvalue weighted by molar-refractivity contribution is -0.136. The molecule has 2 fully saturated rings. The van der Waals surface area contributed by atoms with Gasteiger partial charge in [-0.2, -0.15) is 4.31 Å². The fourth-order valence-electron chi connectivity index (χ4n) is 4.32. The van der Waals surface area contributed by atoms with Crippen LogP contribution in [-0.2, 0) is 30.8 Å². The van der Waals surface area contributed by atoms with E-state index >= 15 is 0 Å². The Morgan fingerprint density at radius 2 is 1.82 bits per heavy atom. The minimum Gasteiger partial charge on any atom is -0.495 e. The van der Waals surface area contributed by atoms with E-state index in [2.05, 4.69) is 5.32 Å². The summed E-state index contributed by atoms with van der Waals surface area (Å²) in [6.07, 6.45) is 1.31. The van der Waals surface area contributed by atoms with E-state index in [1.165, 1.54) is 17.5 Å². The van der Waals surface area contributed by atoms with E-state index in [1.807, 2.05) is 18.2 Å². The third-order valence-electron chi connectivity index (χ3n) is 6.09. The predicted molar refractivity (Wildman–Crippen MR) is 126 cm³/mol. The van der Waals surface area contributed by atoms with Gasteiger partial charge in [-0.3, -0.25) is 9.59 Å². The number of para-hydroxylation sites is 1. The van der Waals surface area contributed by atoms with Crippen LogP contribution in [0.1, 0.15) is 18.4 Å². The molecule has 2 heterocycles. The molecule has 2 aromatic carbocycles. The minimum atomic E-state index is -3.80. The first-order chi connectivity index (χ1) is 16.4. The maximum Gasteiger partial charge on any atom is 0.247 e. The van der Waals surface area contributed by atoms with Gasteiger partial charge in [-0.05, 0) is 42.7 Å². The van der Waals surface area contributed by atoms with Crippen LogP contribution in [0.4, 0.5) is 5.69 Å². The van der Waals surface area contributed by atoms with Gasteiger partial charge < -0.3 is 19.7 Å². The quantitative estimate of drug-likeness (QED) is 0.640. The Balaban J connectivity index is 1.50. The van der Waals surface area contributed by atoms with Crippen LogP contribution in [0.15, 0.2) is 53.4 Å².